The van der Waals surface area contributed by atoms with Gasteiger partial charge < -0.3 is 0 Å². The summed E-state index contributed by atoms with van der Waals surface area (Å²) in [4.78, 5) is 0. The summed E-state index contributed by atoms with van der Waals surface area (Å²) in [6.07, 6.45) is 10.9. The molecular formula is C22H29F3. The second-order valence-corrected chi connectivity index (χ2v) is 7.90. The van der Waals surface area contributed by atoms with Gasteiger partial charge in [0.05, 0.1) is 5.83 Å². The van der Waals surface area contributed by atoms with Gasteiger partial charge in [-0.1, -0.05) is 25.8 Å². The van der Waals surface area contributed by atoms with Crippen molar-refractivity contribution in [2.24, 2.45) is 17.8 Å². The van der Waals surface area contributed by atoms with Gasteiger partial charge in [0.15, 0.2) is 0 Å². The molecule has 3 rings (SSSR count). The summed E-state index contributed by atoms with van der Waals surface area (Å²) in [5, 5.41) is 0. The van der Waals surface area contributed by atoms with E-state index in [4.69, 9.17) is 0 Å². The van der Waals surface area contributed by atoms with Crippen LogP contribution in [0, 0.1) is 29.4 Å². The number of aryl methyl sites for hydroxylation is 1. The molecule has 1 saturated carbocycles. The van der Waals surface area contributed by atoms with Crippen molar-refractivity contribution >= 4 is 0 Å². The predicted molar refractivity (Wildman–Crippen MR) is 96.0 cm³/mol. The second-order valence-electron chi connectivity index (χ2n) is 7.90. The fraction of sp³-hybridized carbons (Fsp3) is 0.636. The molecule has 1 aromatic rings. The summed E-state index contributed by atoms with van der Waals surface area (Å²) in [5.41, 5.74) is 0.976. The van der Waals surface area contributed by atoms with Crippen molar-refractivity contribution in [3.63, 3.8) is 0 Å². The van der Waals surface area contributed by atoms with Crippen molar-refractivity contribution < 1.29 is 13.2 Å². The van der Waals surface area contributed by atoms with Gasteiger partial charge in [0.1, 0.15) is 11.6 Å². The Morgan fingerprint density at radius 3 is 2.16 bits per heavy atom. The first-order chi connectivity index (χ1) is 12.1. The molecule has 2 aliphatic rings. The largest absolute Gasteiger partial charge is 0.212 e. The molecule has 0 saturated heterocycles. The minimum Gasteiger partial charge on any atom is -0.212 e. The molecule has 138 valence electrons. The van der Waals surface area contributed by atoms with Crippen molar-refractivity contribution in [1.29, 1.82) is 0 Å². The lowest BCUT2D eigenvalue weighted by Gasteiger charge is -2.35. The van der Waals surface area contributed by atoms with E-state index in [0.717, 1.165) is 37.7 Å². The van der Waals surface area contributed by atoms with Crippen molar-refractivity contribution in [1.82, 2.24) is 0 Å². The molecule has 0 aliphatic heterocycles. The van der Waals surface area contributed by atoms with Crippen LogP contribution < -0.4 is 0 Å². The van der Waals surface area contributed by atoms with Gasteiger partial charge in [-0.3, -0.25) is 0 Å². The normalized spacial score (nSPS) is 27.2. The van der Waals surface area contributed by atoms with E-state index in [1.165, 1.54) is 25.0 Å². The number of halogens is 3. The van der Waals surface area contributed by atoms with E-state index >= 15 is 0 Å². The van der Waals surface area contributed by atoms with Crippen LogP contribution in [0.15, 0.2) is 24.0 Å². The SMILES string of the molecule is CCc1cc(F)c(CC[C@H]2CC[C@H](C3CC=C(F)CC3)CC2)c(F)c1. The van der Waals surface area contributed by atoms with E-state index < -0.39 is 0 Å². The highest BCUT2D eigenvalue weighted by Crippen LogP contribution is 2.40. The molecule has 3 heteroatoms. The monoisotopic (exact) mass is 350 g/mol. The van der Waals surface area contributed by atoms with Gasteiger partial charge in [-0.2, -0.15) is 0 Å². The van der Waals surface area contributed by atoms with Crippen LogP contribution in [0.25, 0.3) is 0 Å². The van der Waals surface area contributed by atoms with Gasteiger partial charge in [0.2, 0.25) is 0 Å². The summed E-state index contributed by atoms with van der Waals surface area (Å²) in [6, 6.07) is 2.95. The Kier molecular flexibility index (Phi) is 6.24. The van der Waals surface area contributed by atoms with Gasteiger partial charge in [0, 0.05) is 5.56 Å². The molecule has 0 aromatic heterocycles. The highest BCUT2D eigenvalue weighted by atomic mass is 19.1. The summed E-state index contributed by atoms with van der Waals surface area (Å²) in [7, 11) is 0. The molecule has 1 unspecified atom stereocenters. The van der Waals surface area contributed by atoms with Crippen LogP contribution in [0.3, 0.4) is 0 Å². The van der Waals surface area contributed by atoms with Gasteiger partial charge >= 0.3 is 0 Å². The van der Waals surface area contributed by atoms with Gasteiger partial charge in [0.25, 0.3) is 0 Å². The van der Waals surface area contributed by atoms with Crippen molar-refractivity contribution in [2.45, 2.75) is 71.1 Å². The summed E-state index contributed by atoms with van der Waals surface area (Å²) in [6.45, 7) is 1.91. The standard InChI is InChI=1S/C22H29F3/c1-2-15-13-21(24)20(22(25)14-15)12-5-16-3-6-17(7-4-16)18-8-10-19(23)11-9-18/h10,13-14,16-18H,2-9,11-12H2,1H3/t16-,17-,18?. The van der Waals surface area contributed by atoms with Crippen molar-refractivity contribution in [3.8, 4) is 0 Å². The predicted octanol–water partition coefficient (Wildman–Crippen LogP) is 6.92. The quantitative estimate of drug-likeness (QED) is 0.540. The molecule has 0 N–H and O–H groups in total. The van der Waals surface area contributed by atoms with E-state index in [1.807, 2.05) is 6.92 Å². The number of hydrogen-bond acceptors (Lipinski definition) is 0. The fourth-order valence-electron chi connectivity index (χ4n) is 4.65. The highest BCUT2D eigenvalue weighted by Gasteiger charge is 2.28. The fourth-order valence-corrected chi connectivity index (χ4v) is 4.65. The van der Waals surface area contributed by atoms with Gasteiger partial charge in [-0.15, -0.1) is 0 Å². The number of rotatable bonds is 5. The topological polar surface area (TPSA) is 0 Å². The maximum Gasteiger partial charge on any atom is 0.129 e. The zero-order chi connectivity index (χ0) is 17.8. The average Bonchev–Trinajstić information content (AvgIpc) is 2.62. The van der Waals surface area contributed by atoms with E-state index in [2.05, 4.69) is 0 Å². The van der Waals surface area contributed by atoms with E-state index in [0.29, 0.717) is 37.0 Å². The lowest BCUT2D eigenvalue weighted by Crippen LogP contribution is -2.23. The molecule has 1 aromatic carbocycles. The zero-order valence-corrected chi connectivity index (χ0v) is 15.2. The molecule has 1 fully saturated rings. The lowest BCUT2D eigenvalue weighted by molar-refractivity contribution is 0.184. The molecule has 0 heterocycles. The van der Waals surface area contributed by atoms with E-state index in [1.54, 1.807) is 6.08 Å². The molecule has 0 radical (unpaired) electrons. The Hall–Kier alpha value is -1.25. The van der Waals surface area contributed by atoms with Crippen LogP contribution in [-0.4, -0.2) is 0 Å². The first-order valence-electron chi connectivity index (χ1n) is 9.88. The summed E-state index contributed by atoms with van der Waals surface area (Å²) < 4.78 is 41.4. The number of allylic oxidation sites excluding steroid dienone is 2. The van der Waals surface area contributed by atoms with Crippen LogP contribution in [0.4, 0.5) is 13.2 Å². The Bertz CT molecular complexity index is 589. The Morgan fingerprint density at radius 1 is 0.920 bits per heavy atom. The smallest absolute Gasteiger partial charge is 0.129 e. The Balaban J connectivity index is 1.48. The first kappa shape index (κ1) is 18.5. The third-order valence-corrected chi connectivity index (χ3v) is 6.37. The first-order valence-corrected chi connectivity index (χ1v) is 9.88. The van der Waals surface area contributed by atoms with Crippen molar-refractivity contribution in [3.05, 3.63) is 46.8 Å². The molecule has 0 bridgehead atoms. The minimum atomic E-state index is -0.387. The molecule has 0 nitrogen and oxygen atoms in total. The van der Waals surface area contributed by atoms with E-state index in [9.17, 15) is 13.2 Å². The van der Waals surface area contributed by atoms with E-state index in [-0.39, 0.29) is 23.0 Å². The van der Waals surface area contributed by atoms with Crippen molar-refractivity contribution in [2.75, 3.05) is 0 Å². The Labute approximate surface area is 149 Å². The third-order valence-electron chi connectivity index (χ3n) is 6.37. The van der Waals surface area contributed by atoms with Crippen LogP contribution >= 0.6 is 0 Å². The maximum absolute atomic E-state index is 14.1. The lowest BCUT2D eigenvalue weighted by atomic mass is 9.71. The molecule has 1 atom stereocenters. The molecule has 2 aliphatic carbocycles. The van der Waals surface area contributed by atoms with Crippen LogP contribution in [0.2, 0.25) is 0 Å². The second kappa shape index (κ2) is 8.42. The summed E-state index contributed by atoms with van der Waals surface area (Å²) >= 11 is 0. The molecular weight excluding hydrogens is 321 g/mol. The highest BCUT2D eigenvalue weighted by molar-refractivity contribution is 5.26. The number of hydrogen-bond donors (Lipinski definition) is 0. The minimum absolute atomic E-state index is 0.0584. The van der Waals surface area contributed by atoms with Gasteiger partial charge in [-0.25, -0.2) is 13.2 Å². The molecule has 0 spiro atoms. The molecule has 25 heavy (non-hydrogen) atoms. The van der Waals surface area contributed by atoms with Crippen LogP contribution in [-0.2, 0) is 12.8 Å². The average molecular weight is 350 g/mol. The maximum atomic E-state index is 14.1. The van der Waals surface area contributed by atoms with Crippen LogP contribution in [0.5, 0.6) is 0 Å². The van der Waals surface area contributed by atoms with Crippen LogP contribution in [0.1, 0.15) is 69.4 Å². The molecule has 0 amide bonds. The summed E-state index contributed by atoms with van der Waals surface area (Å²) in [5.74, 6) is 1.19. The Morgan fingerprint density at radius 2 is 1.60 bits per heavy atom. The van der Waals surface area contributed by atoms with Gasteiger partial charge in [-0.05, 0) is 86.8 Å². The number of benzene rings is 1. The third kappa shape index (κ3) is 4.68. The zero-order valence-electron chi connectivity index (χ0n) is 15.2.